The zero-order chi connectivity index (χ0) is 16.8. The molecule has 1 amide bonds. The first-order chi connectivity index (χ1) is 10.7. The highest BCUT2D eigenvalue weighted by molar-refractivity contribution is 7.89. The van der Waals surface area contributed by atoms with E-state index in [-0.39, 0.29) is 17.3 Å². The summed E-state index contributed by atoms with van der Waals surface area (Å²) in [5.74, 6) is 0.482. The van der Waals surface area contributed by atoms with Crippen LogP contribution in [-0.2, 0) is 26.8 Å². The van der Waals surface area contributed by atoms with E-state index in [1.807, 2.05) is 0 Å². The molecule has 1 N–H and O–H groups in total. The molecular weight excluding hydrogens is 316 g/mol. The van der Waals surface area contributed by atoms with Gasteiger partial charge in [-0.1, -0.05) is 0 Å². The van der Waals surface area contributed by atoms with Gasteiger partial charge in [-0.3, -0.25) is 4.79 Å². The summed E-state index contributed by atoms with van der Waals surface area (Å²) in [7, 11) is -1.99. The summed E-state index contributed by atoms with van der Waals surface area (Å²) in [4.78, 5) is 14.0. The molecule has 23 heavy (non-hydrogen) atoms. The Labute approximate surface area is 135 Å². The number of anilines is 1. The second kappa shape index (κ2) is 5.21. The van der Waals surface area contributed by atoms with Gasteiger partial charge in [0.05, 0.1) is 23.1 Å². The maximum atomic E-state index is 12.4. The molecule has 0 radical (unpaired) electrons. The lowest BCUT2D eigenvalue weighted by Crippen LogP contribution is -2.33. The van der Waals surface area contributed by atoms with Crippen LogP contribution < -0.4 is 9.62 Å². The minimum absolute atomic E-state index is 0.0504. The fourth-order valence-electron chi connectivity index (χ4n) is 2.78. The van der Waals surface area contributed by atoms with Gasteiger partial charge in [0.1, 0.15) is 5.76 Å². The van der Waals surface area contributed by atoms with Crippen LogP contribution in [0.2, 0.25) is 0 Å². The van der Waals surface area contributed by atoms with Crippen molar-refractivity contribution in [3.05, 3.63) is 47.9 Å². The number of amides is 1. The predicted octanol–water partition coefficient (Wildman–Crippen LogP) is 2.01. The van der Waals surface area contributed by atoms with Gasteiger partial charge in [-0.05, 0) is 49.7 Å². The number of sulfonamides is 1. The number of nitrogens with one attached hydrogen (secondary N) is 1. The van der Waals surface area contributed by atoms with Crippen molar-refractivity contribution in [3.63, 3.8) is 0 Å². The van der Waals surface area contributed by atoms with Crippen molar-refractivity contribution in [2.75, 3.05) is 11.9 Å². The van der Waals surface area contributed by atoms with E-state index in [9.17, 15) is 13.2 Å². The fraction of sp³-hybridized carbons (Fsp3) is 0.312. The van der Waals surface area contributed by atoms with Crippen LogP contribution >= 0.6 is 0 Å². The van der Waals surface area contributed by atoms with Gasteiger partial charge in [-0.15, -0.1) is 0 Å². The normalized spacial score (nSPS) is 16.7. The van der Waals surface area contributed by atoms with Gasteiger partial charge in [0.15, 0.2) is 0 Å². The third-order valence-corrected chi connectivity index (χ3v) is 5.57. The molecule has 2 aromatic rings. The van der Waals surface area contributed by atoms with Crippen LogP contribution in [0, 0.1) is 0 Å². The third-order valence-electron chi connectivity index (χ3n) is 4.17. The predicted molar refractivity (Wildman–Crippen MR) is 85.6 cm³/mol. The topological polar surface area (TPSA) is 79.6 Å². The van der Waals surface area contributed by atoms with Gasteiger partial charge in [-0.25, -0.2) is 13.1 Å². The molecule has 0 fully saturated rings. The highest BCUT2D eigenvalue weighted by Crippen LogP contribution is 2.41. The summed E-state index contributed by atoms with van der Waals surface area (Å²) in [5, 5.41) is 0. The minimum atomic E-state index is -3.68. The van der Waals surface area contributed by atoms with Crippen LogP contribution in [0.25, 0.3) is 0 Å². The molecule has 1 aliphatic rings. The van der Waals surface area contributed by atoms with Gasteiger partial charge < -0.3 is 9.32 Å². The van der Waals surface area contributed by atoms with Gasteiger partial charge in [0.2, 0.25) is 15.9 Å². The number of fused-ring (bicyclic) bond motifs is 1. The Balaban J connectivity index is 1.93. The quantitative estimate of drug-likeness (QED) is 0.927. The van der Waals surface area contributed by atoms with Crippen LogP contribution in [0.1, 0.15) is 25.2 Å². The maximum Gasteiger partial charge on any atom is 0.240 e. The zero-order valence-electron chi connectivity index (χ0n) is 13.2. The molecule has 0 saturated heterocycles. The Bertz CT molecular complexity index is 854. The van der Waals surface area contributed by atoms with E-state index in [1.165, 1.54) is 12.3 Å². The molecule has 2 heterocycles. The summed E-state index contributed by atoms with van der Waals surface area (Å²) in [6, 6.07) is 8.14. The summed E-state index contributed by atoms with van der Waals surface area (Å²) in [6.07, 6.45) is 1.49. The second-order valence-corrected chi connectivity index (χ2v) is 7.84. The Morgan fingerprint density at radius 1 is 1.26 bits per heavy atom. The van der Waals surface area contributed by atoms with E-state index in [0.29, 0.717) is 11.3 Å². The van der Waals surface area contributed by atoms with E-state index in [1.54, 1.807) is 50.1 Å². The molecule has 0 bridgehead atoms. The van der Waals surface area contributed by atoms with Crippen molar-refractivity contribution in [1.29, 1.82) is 0 Å². The highest BCUT2D eigenvalue weighted by Gasteiger charge is 2.42. The van der Waals surface area contributed by atoms with Crippen LogP contribution in [0.5, 0.6) is 0 Å². The SMILES string of the molecule is CN1C(=O)C(C)(C)c2cc(S(=O)(=O)NCc3ccco3)ccc21. The molecule has 0 saturated carbocycles. The molecule has 0 aliphatic carbocycles. The van der Waals surface area contributed by atoms with Crippen molar-refractivity contribution in [1.82, 2.24) is 4.72 Å². The number of benzene rings is 1. The molecule has 0 atom stereocenters. The van der Waals surface area contributed by atoms with E-state index in [2.05, 4.69) is 4.72 Å². The number of carbonyl (C=O) groups excluding carboxylic acids is 1. The number of furan rings is 1. The Hall–Kier alpha value is -2.12. The molecular formula is C16H18N2O4S. The fourth-order valence-corrected chi connectivity index (χ4v) is 3.80. The average Bonchev–Trinajstić information content (AvgIpc) is 3.09. The monoisotopic (exact) mass is 334 g/mol. The average molecular weight is 334 g/mol. The van der Waals surface area contributed by atoms with E-state index in [4.69, 9.17) is 4.42 Å². The molecule has 6 nitrogen and oxygen atoms in total. The summed E-state index contributed by atoms with van der Waals surface area (Å²) >= 11 is 0. The Morgan fingerprint density at radius 2 is 2.00 bits per heavy atom. The zero-order valence-corrected chi connectivity index (χ0v) is 14.0. The first kappa shape index (κ1) is 15.8. The number of rotatable bonds is 4. The van der Waals surface area contributed by atoms with Crippen molar-refractivity contribution in [2.24, 2.45) is 0 Å². The molecule has 7 heteroatoms. The summed E-state index contributed by atoms with van der Waals surface area (Å²) in [5.41, 5.74) is 0.715. The molecule has 122 valence electrons. The van der Waals surface area contributed by atoms with Gasteiger partial charge in [0.25, 0.3) is 0 Å². The number of hydrogen-bond donors (Lipinski definition) is 1. The molecule has 0 unspecified atom stereocenters. The van der Waals surface area contributed by atoms with Crippen molar-refractivity contribution >= 4 is 21.6 Å². The van der Waals surface area contributed by atoms with E-state index >= 15 is 0 Å². The van der Waals surface area contributed by atoms with Crippen molar-refractivity contribution < 1.29 is 17.6 Å². The van der Waals surface area contributed by atoms with Crippen LogP contribution in [0.3, 0.4) is 0 Å². The van der Waals surface area contributed by atoms with Gasteiger partial charge >= 0.3 is 0 Å². The lowest BCUT2D eigenvalue weighted by atomic mass is 9.86. The number of hydrogen-bond acceptors (Lipinski definition) is 4. The standard InChI is InChI=1S/C16H18N2O4S/c1-16(2)13-9-12(6-7-14(13)18(3)15(16)19)23(20,21)17-10-11-5-4-8-22-11/h4-9,17H,10H2,1-3H3. The van der Waals surface area contributed by atoms with Crippen LogP contribution in [0.4, 0.5) is 5.69 Å². The van der Waals surface area contributed by atoms with Gasteiger partial charge in [-0.2, -0.15) is 0 Å². The smallest absolute Gasteiger partial charge is 0.240 e. The Morgan fingerprint density at radius 3 is 2.65 bits per heavy atom. The molecule has 0 spiro atoms. The number of likely N-dealkylation sites (N-methyl/N-ethyl adjacent to an activating group) is 1. The number of carbonyl (C=O) groups is 1. The summed E-state index contributed by atoms with van der Waals surface area (Å²) in [6.45, 7) is 3.67. The molecule has 3 rings (SSSR count). The first-order valence-corrected chi connectivity index (χ1v) is 8.66. The lowest BCUT2D eigenvalue weighted by molar-refractivity contribution is -0.121. The van der Waals surface area contributed by atoms with Crippen molar-refractivity contribution in [2.45, 2.75) is 30.7 Å². The Kier molecular flexibility index (Phi) is 3.57. The van der Waals surface area contributed by atoms with Crippen molar-refractivity contribution in [3.8, 4) is 0 Å². The molecule has 1 aliphatic heterocycles. The molecule has 1 aromatic carbocycles. The minimum Gasteiger partial charge on any atom is -0.468 e. The number of nitrogens with zero attached hydrogens (tertiary/aromatic N) is 1. The largest absolute Gasteiger partial charge is 0.468 e. The summed E-state index contributed by atoms with van der Waals surface area (Å²) < 4.78 is 32.5. The van der Waals surface area contributed by atoms with Crippen LogP contribution in [0.15, 0.2) is 45.9 Å². The third kappa shape index (κ3) is 2.55. The first-order valence-electron chi connectivity index (χ1n) is 7.18. The van der Waals surface area contributed by atoms with Gasteiger partial charge in [0, 0.05) is 12.7 Å². The van der Waals surface area contributed by atoms with Crippen LogP contribution in [-0.4, -0.2) is 21.4 Å². The maximum absolute atomic E-state index is 12.4. The van der Waals surface area contributed by atoms with E-state index in [0.717, 1.165) is 5.69 Å². The lowest BCUT2D eigenvalue weighted by Gasteiger charge is -2.16. The molecule has 1 aromatic heterocycles. The second-order valence-electron chi connectivity index (χ2n) is 6.07. The highest BCUT2D eigenvalue weighted by atomic mass is 32.2. The van der Waals surface area contributed by atoms with E-state index < -0.39 is 15.4 Å².